The molecule has 6 heteroatoms. The first kappa shape index (κ1) is 19.6. The molecule has 1 heterocycles. The van der Waals surface area contributed by atoms with Crippen LogP contribution in [0.25, 0.3) is 11.5 Å². The van der Waals surface area contributed by atoms with Crippen LogP contribution in [0, 0.1) is 13.8 Å². The third-order valence-electron chi connectivity index (χ3n) is 4.86. The Labute approximate surface area is 159 Å². The lowest BCUT2D eigenvalue weighted by Crippen LogP contribution is -2.29. The summed E-state index contributed by atoms with van der Waals surface area (Å²) in [5.74, 6) is 0.564. The number of hydrogen-bond acceptors (Lipinski definition) is 5. The van der Waals surface area contributed by atoms with E-state index in [1.165, 1.54) is 0 Å². The summed E-state index contributed by atoms with van der Waals surface area (Å²) in [6, 6.07) is 8.08. The molecule has 1 aromatic carbocycles. The molecule has 2 unspecified atom stereocenters. The number of aromatic nitrogens is 1. The Kier molecular flexibility index (Phi) is 6.63. The number of hydrogen-bond donors (Lipinski definition) is 1. The predicted molar refractivity (Wildman–Crippen MR) is 100 cm³/mol. The minimum absolute atomic E-state index is 0.0435. The fraction of sp³-hybridized carbons (Fsp3) is 0.524. The average molecular weight is 373 g/mol. The van der Waals surface area contributed by atoms with E-state index in [0.717, 1.165) is 48.3 Å². The summed E-state index contributed by atoms with van der Waals surface area (Å²) in [4.78, 5) is 15.2. The first-order valence-corrected chi connectivity index (χ1v) is 9.49. The highest BCUT2D eigenvalue weighted by Gasteiger charge is 2.24. The van der Waals surface area contributed by atoms with Gasteiger partial charge >= 0.3 is 5.97 Å². The van der Waals surface area contributed by atoms with Crippen molar-refractivity contribution in [2.75, 3.05) is 6.61 Å². The van der Waals surface area contributed by atoms with Crippen LogP contribution in [0.2, 0.25) is 0 Å². The molecule has 146 valence electrons. The number of aliphatic carboxylic acids is 1. The van der Waals surface area contributed by atoms with Gasteiger partial charge < -0.3 is 19.0 Å². The Bertz CT molecular complexity index is 770. The summed E-state index contributed by atoms with van der Waals surface area (Å²) >= 11 is 0. The van der Waals surface area contributed by atoms with Gasteiger partial charge in [-0.15, -0.1) is 0 Å². The zero-order chi connectivity index (χ0) is 19.2. The molecule has 0 aliphatic heterocycles. The van der Waals surface area contributed by atoms with Gasteiger partial charge in [0.2, 0.25) is 5.89 Å². The molecule has 1 saturated carbocycles. The van der Waals surface area contributed by atoms with Gasteiger partial charge in [-0.25, -0.2) is 4.98 Å². The van der Waals surface area contributed by atoms with Gasteiger partial charge in [-0.2, -0.15) is 0 Å². The SMILES string of the molecule is Cc1cccc(-c2nc(COC3CCCC(OCCC(=O)O)C3)c(C)o2)c1. The Morgan fingerprint density at radius 3 is 2.78 bits per heavy atom. The van der Waals surface area contributed by atoms with Gasteiger partial charge in [-0.3, -0.25) is 4.79 Å². The van der Waals surface area contributed by atoms with E-state index in [-0.39, 0.29) is 25.2 Å². The van der Waals surface area contributed by atoms with Crippen molar-refractivity contribution in [2.24, 2.45) is 0 Å². The molecular formula is C21H27NO5. The molecule has 6 nitrogen and oxygen atoms in total. The molecular weight excluding hydrogens is 346 g/mol. The third-order valence-corrected chi connectivity index (χ3v) is 4.86. The van der Waals surface area contributed by atoms with Gasteiger partial charge in [0.1, 0.15) is 11.5 Å². The van der Waals surface area contributed by atoms with Crippen molar-refractivity contribution in [2.45, 2.75) is 64.8 Å². The number of carboxylic acids is 1. The maximum atomic E-state index is 10.6. The number of nitrogens with zero attached hydrogens (tertiary/aromatic N) is 1. The summed E-state index contributed by atoms with van der Waals surface area (Å²) < 4.78 is 17.6. The van der Waals surface area contributed by atoms with Gasteiger partial charge in [0.25, 0.3) is 0 Å². The first-order chi connectivity index (χ1) is 13.0. The van der Waals surface area contributed by atoms with Gasteiger partial charge in [0.05, 0.1) is 31.8 Å². The van der Waals surface area contributed by atoms with Gasteiger partial charge in [-0.05, 0) is 51.7 Å². The molecule has 0 spiro atoms. The highest BCUT2D eigenvalue weighted by molar-refractivity contribution is 5.66. The second kappa shape index (κ2) is 9.15. The molecule has 1 fully saturated rings. The van der Waals surface area contributed by atoms with Gasteiger partial charge in [-0.1, -0.05) is 17.7 Å². The van der Waals surface area contributed by atoms with E-state index >= 15 is 0 Å². The van der Waals surface area contributed by atoms with Crippen molar-refractivity contribution in [3.63, 3.8) is 0 Å². The van der Waals surface area contributed by atoms with Gasteiger partial charge in [0.15, 0.2) is 0 Å². The van der Waals surface area contributed by atoms with Crippen LogP contribution in [0.1, 0.15) is 49.1 Å². The van der Waals surface area contributed by atoms with Crippen molar-refractivity contribution in [3.05, 3.63) is 41.3 Å². The maximum Gasteiger partial charge on any atom is 0.305 e. The average Bonchev–Trinajstić information content (AvgIpc) is 3.01. The number of oxazole rings is 1. The molecule has 27 heavy (non-hydrogen) atoms. The number of benzene rings is 1. The molecule has 1 aliphatic carbocycles. The molecule has 1 N–H and O–H groups in total. The van der Waals surface area contributed by atoms with Crippen LogP contribution in [0.3, 0.4) is 0 Å². The lowest BCUT2D eigenvalue weighted by atomic mass is 9.95. The smallest absolute Gasteiger partial charge is 0.305 e. The van der Waals surface area contributed by atoms with E-state index < -0.39 is 5.97 Å². The molecule has 0 amide bonds. The molecule has 0 radical (unpaired) electrons. The van der Waals surface area contributed by atoms with Crippen molar-refractivity contribution in [3.8, 4) is 11.5 Å². The molecule has 1 aromatic heterocycles. The van der Waals surface area contributed by atoms with Gasteiger partial charge in [0, 0.05) is 5.56 Å². The molecule has 2 aromatic rings. The van der Waals surface area contributed by atoms with Crippen LogP contribution in [0.15, 0.2) is 28.7 Å². The molecule has 0 saturated heterocycles. The van der Waals surface area contributed by atoms with Crippen LogP contribution in [0.5, 0.6) is 0 Å². The van der Waals surface area contributed by atoms with E-state index in [0.29, 0.717) is 12.5 Å². The van der Waals surface area contributed by atoms with Crippen LogP contribution in [-0.2, 0) is 20.9 Å². The monoisotopic (exact) mass is 373 g/mol. The summed E-state index contributed by atoms with van der Waals surface area (Å²) in [7, 11) is 0. The topological polar surface area (TPSA) is 81.8 Å². The van der Waals surface area contributed by atoms with Crippen LogP contribution in [-0.4, -0.2) is 34.9 Å². The quantitative estimate of drug-likeness (QED) is 0.744. The summed E-state index contributed by atoms with van der Waals surface area (Å²) in [6.07, 6.45) is 3.98. The third kappa shape index (κ3) is 5.65. The number of carboxylic acid groups (broad SMARTS) is 1. The zero-order valence-electron chi connectivity index (χ0n) is 15.9. The van der Waals surface area contributed by atoms with E-state index in [2.05, 4.69) is 11.1 Å². The zero-order valence-corrected chi connectivity index (χ0v) is 15.9. The van der Waals surface area contributed by atoms with Crippen molar-refractivity contribution in [1.29, 1.82) is 0 Å². The fourth-order valence-corrected chi connectivity index (χ4v) is 3.38. The highest BCUT2D eigenvalue weighted by Crippen LogP contribution is 2.26. The number of rotatable bonds is 8. The molecule has 1 aliphatic rings. The Balaban J connectivity index is 1.53. The van der Waals surface area contributed by atoms with E-state index in [4.69, 9.17) is 19.0 Å². The van der Waals surface area contributed by atoms with E-state index in [1.807, 2.05) is 32.0 Å². The number of ether oxygens (including phenoxy) is 2. The lowest BCUT2D eigenvalue weighted by Gasteiger charge is -2.29. The van der Waals surface area contributed by atoms with Crippen LogP contribution >= 0.6 is 0 Å². The second-order valence-electron chi connectivity index (χ2n) is 7.13. The summed E-state index contributed by atoms with van der Waals surface area (Å²) in [5.41, 5.74) is 2.95. The molecule has 0 bridgehead atoms. The summed E-state index contributed by atoms with van der Waals surface area (Å²) in [6.45, 7) is 4.62. The highest BCUT2D eigenvalue weighted by atomic mass is 16.5. The second-order valence-corrected chi connectivity index (χ2v) is 7.13. The molecule has 2 atom stereocenters. The number of aryl methyl sites for hydroxylation is 2. The predicted octanol–water partition coefficient (Wildman–Crippen LogP) is 4.28. The lowest BCUT2D eigenvalue weighted by molar-refractivity contribution is -0.139. The van der Waals surface area contributed by atoms with Crippen molar-refractivity contribution >= 4 is 5.97 Å². The minimum atomic E-state index is -0.829. The first-order valence-electron chi connectivity index (χ1n) is 9.49. The van der Waals surface area contributed by atoms with Crippen molar-refractivity contribution < 1.29 is 23.8 Å². The standard InChI is InChI=1S/C21H27NO5/c1-14-5-3-6-16(11-14)21-22-19(15(2)27-21)13-26-18-8-4-7-17(12-18)25-10-9-20(23)24/h3,5-6,11,17-18H,4,7-10,12-13H2,1-2H3,(H,23,24). The maximum absolute atomic E-state index is 10.6. The normalized spacial score (nSPS) is 19.9. The Morgan fingerprint density at radius 2 is 2.04 bits per heavy atom. The van der Waals surface area contributed by atoms with E-state index in [9.17, 15) is 4.79 Å². The Hall–Kier alpha value is -2.18. The Morgan fingerprint density at radius 1 is 1.26 bits per heavy atom. The largest absolute Gasteiger partial charge is 0.481 e. The van der Waals surface area contributed by atoms with Crippen LogP contribution in [0.4, 0.5) is 0 Å². The van der Waals surface area contributed by atoms with Crippen LogP contribution < -0.4 is 0 Å². The minimum Gasteiger partial charge on any atom is -0.481 e. The van der Waals surface area contributed by atoms with E-state index in [1.54, 1.807) is 0 Å². The molecule has 3 rings (SSSR count). The fourth-order valence-electron chi connectivity index (χ4n) is 3.38. The summed E-state index contributed by atoms with van der Waals surface area (Å²) in [5, 5.41) is 8.71. The van der Waals surface area contributed by atoms with Crippen molar-refractivity contribution in [1.82, 2.24) is 4.98 Å². The number of carbonyl (C=O) groups is 1.